The zero-order valence-electron chi connectivity index (χ0n) is 11.8. The zero-order valence-corrected chi connectivity index (χ0v) is 13.4. The summed E-state index contributed by atoms with van der Waals surface area (Å²) in [6.45, 7) is 1.61. The van der Waals surface area contributed by atoms with Crippen LogP contribution in [0, 0.1) is 0 Å². The quantitative estimate of drug-likeness (QED) is 0.866. The molecule has 0 aliphatic carbocycles. The molecule has 0 aliphatic rings. The molecule has 2 aromatic rings. The van der Waals surface area contributed by atoms with Crippen molar-refractivity contribution in [3.05, 3.63) is 64.1 Å². The van der Waals surface area contributed by atoms with E-state index in [0.717, 1.165) is 29.4 Å². The molecule has 0 saturated heterocycles. The van der Waals surface area contributed by atoms with Crippen LogP contribution in [-0.2, 0) is 13.0 Å². The summed E-state index contributed by atoms with van der Waals surface area (Å²) in [6, 6.07) is 17.0. The number of aryl methyl sites for hydroxylation is 1. The van der Waals surface area contributed by atoms with Crippen LogP contribution in [0.15, 0.2) is 53.0 Å². The largest absolute Gasteiger partial charge is 0.375 e. The summed E-state index contributed by atoms with van der Waals surface area (Å²) >= 11 is 3.57. The van der Waals surface area contributed by atoms with E-state index in [1.807, 2.05) is 0 Å². The van der Waals surface area contributed by atoms with Crippen molar-refractivity contribution in [1.82, 2.24) is 0 Å². The van der Waals surface area contributed by atoms with Crippen LogP contribution in [-0.4, -0.2) is 13.6 Å². The Morgan fingerprint density at radius 3 is 2.50 bits per heavy atom. The highest BCUT2D eigenvalue weighted by Crippen LogP contribution is 2.23. The summed E-state index contributed by atoms with van der Waals surface area (Å²) in [6.07, 6.45) is 2.27. The van der Waals surface area contributed by atoms with Gasteiger partial charge in [-0.05, 0) is 36.1 Å². The second-order valence-corrected chi connectivity index (χ2v) is 5.84. The summed E-state index contributed by atoms with van der Waals surface area (Å²) < 4.78 is 1.09. The minimum Gasteiger partial charge on any atom is -0.375 e. The maximum absolute atomic E-state index is 5.68. The molecule has 2 N–H and O–H groups in total. The van der Waals surface area contributed by atoms with Gasteiger partial charge < -0.3 is 10.6 Å². The lowest BCUT2D eigenvalue weighted by atomic mass is 10.1. The first-order chi connectivity index (χ1) is 9.70. The Balaban J connectivity index is 1.88. The molecule has 2 nitrogen and oxygen atoms in total. The van der Waals surface area contributed by atoms with Gasteiger partial charge in [-0.15, -0.1) is 0 Å². The van der Waals surface area contributed by atoms with Crippen molar-refractivity contribution in [1.29, 1.82) is 0 Å². The highest BCUT2D eigenvalue weighted by atomic mass is 79.9. The number of benzene rings is 2. The van der Waals surface area contributed by atoms with Crippen LogP contribution in [0.25, 0.3) is 0 Å². The van der Waals surface area contributed by atoms with Crippen LogP contribution >= 0.6 is 15.9 Å². The van der Waals surface area contributed by atoms with Gasteiger partial charge >= 0.3 is 0 Å². The molecule has 0 fully saturated rings. The van der Waals surface area contributed by atoms with E-state index in [2.05, 4.69) is 76.4 Å². The molecule has 0 radical (unpaired) electrons. The standard InChI is InChI=1S/C17H21BrN2/c1-20(11-5-8-14-6-3-2-4-7-14)16-10-9-15(13-19)17(18)12-16/h2-4,6-7,9-10,12H,5,8,11,13,19H2,1H3. The van der Waals surface area contributed by atoms with Crippen LogP contribution < -0.4 is 10.6 Å². The summed E-state index contributed by atoms with van der Waals surface area (Å²) in [7, 11) is 2.13. The monoisotopic (exact) mass is 332 g/mol. The van der Waals surface area contributed by atoms with E-state index in [4.69, 9.17) is 5.73 Å². The van der Waals surface area contributed by atoms with E-state index >= 15 is 0 Å². The number of rotatable bonds is 6. The maximum atomic E-state index is 5.68. The number of hydrogen-bond acceptors (Lipinski definition) is 2. The third-order valence-electron chi connectivity index (χ3n) is 3.50. The van der Waals surface area contributed by atoms with Crippen molar-refractivity contribution in [2.75, 3.05) is 18.5 Å². The Kier molecular flexibility index (Phi) is 5.62. The van der Waals surface area contributed by atoms with E-state index in [1.165, 1.54) is 11.3 Å². The van der Waals surface area contributed by atoms with Crippen molar-refractivity contribution in [3.63, 3.8) is 0 Å². The molecule has 2 rings (SSSR count). The first-order valence-electron chi connectivity index (χ1n) is 6.94. The smallest absolute Gasteiger partial charge is 0.0375 e. The molecule has 106 valence electrons. The molecular formula is C17H21BrN2. The predicted octanol–water partition coefficient (Wildman–Crippen LogP) is 3.98. The van der Waals surface area contributed by atoms with Crippen molar-refractivity contribution in [2.45, 2.75) is 19.4 Å². The molecule has 0 bridgehead atoms. The second kappa shape index (κ2) is 7.46. The van der Waals surface area contributed by atoms with E-state index in [-0.39, 0.29) is 0 Å². The van der Waals surface area contributed by atoms with E-state index in [1.54, 1.807) is 0 Å². The molecule has 0 amide bonds. The van der Waals surface area contributed by atoms with Crippen molar-refractivity contribution in [3.8, 4) is 0 Å². The van der Waals surface area contributed by atoms with Gasteiger partial charge in [0.25, 0.3) is 0 Å². The summed E-state index contributed by atoms with van der Waals surface area (Å²) in [5, 5.41) is 0. The molecular weight excluding hydrogens is 312 g/mol. The molecule has 0 spiro atoms. The number of halogens is 1. The fraction of sp³-hybridized carbons (Fsp3) is 0.294. The van der Waals surface area contributed by atoms with Crippen molar-refractivity contribution < 1.29 is 0 Å². The highest BCUT2D eigenvalue weighted by molar-refractivity contribution is 9.10. The van der Waals surface area contributed by atoms with Crippen LogP contribution in [0.4, 0.5) is 5.69 Å². The SMILES string of the molecule is CN(CCCc1ccccc1)c1ccc(CN)c(Br)c1. The average molecular weight is 333 g/mol. The Morgan fingerprint density at radius 2 is 1.85 bits per heavy atom. The van der Waals surface area contributed by atoms with E-state index < -0.39 is 0 Å². The van der Waals surface area contributed by atoms with Gasteiger partial charge in [-0.25, -0.2) is 0 Å². The van der Waals surface area contributed by atoms with Gasteiger partial charge in [0.2, 0.25) is 0 Å². The molecule has 2 aromatic carbocycles. The Labute approximate surface area is 129 Å². The molecule has 20 heavy (non-hydrogen) atoms. The number of hydrogen-bond donors (Lipinski definition) is 1. The second-order valence-electron chi connectivity index (χ2n) is 4.99. The number of nitrogens with zero attached hydrogens (tertiary/aromatic N) is 1. The molecule has 0 atom stereocenters. The first kappa shape index (κ1) is 15.1. The third-order valence-corrected chi connectivity index (χ3v) is 4.24. The molecule has 0 aliphatic heterocycles. The van der Waals surface area contributed by atoms with Gasteiger partial charge in [0, 0.05) is 30.3 Å². The first-order valence-corrected chi connectivity index (χ1v) is 7.73. The van der Waals surface area contributed by atoms with Gasteiger partial charge in [0.15, 0.2) is 0 Å². The van der Waals surface area contributed by atoms with Gasteiger partial charge in [-0.1, -0.05) is 52.3 Å². The average Bonchev–Trinajstić information content (AvgIpc) is 2.48. The van der Waals surface area contributed by atoms with Crippen LogP contribution in [0.5, 0.6) is 0 Å². The van der Waals surface area contributed by atoms with Crippen molar-refractivity contribution >= 4 is 21.6 Å². The number of anilines is 1. The minimum absolute atomic E-state index is 0.568. The van der Waals surface area contributed by atoms with Crippen LogP contribution in [0.1, 0.15) is 17.5 Å². The Morgan fingerprint density at radius 1 is 1.10 bits per heavy atom. The Bertz CT molecular complexity index is 540. The lowest BCUT2D eigenvalue weighted by Crippen LogP contribution is -2.19. The van der Waals surface area contributed by atoms with Gasteiger partial charge in [-0.2, -0.15) is 0 Å². The molecule has 0 saturated carbocycles. The Hall–Kier alpha value is -1.32. The highest BCUT2D eigenvalue weighted by Gasteiger charge is 2.04. The molecule has 0 unspecified atom stereocenters. The van der Waals surface area contributed by atoms with E-state index in [0.29, 0.717) is 6.54 Å². The minimum atomic E-state index is 0.568. The maximum Gasteiger partial charge on any atom is 0.0375 e. The van der Waals surface area contributed by atoms with E-state index in [9.17, 15) is 0 Å². The lowest BCUT2D eigenvalue weighted by Gasteiger charge is -2.20. The molecule has 0 heterocycles. The topological polar surface area (TPSA) is 29.3 Å². The third kappa shape index (κ3) is 4.09. The van der Waals surface area contributed by atoms with Gasteiger partial charge in [0.05, 0.1) is 0 Å². The molecule has 3 heteroatoms. The van der Waals surface area contributed by atoms with Crippen LogP contribution in [0.2, 0.25) is 0 Å². The summed E-state index contributed by atoms with van der Waals surface area (Å²) in [5.74, 6) is 0. The normalized spacial score (nSPS) is 10.6. The summed E-state index contributed by atoms with van der Waals surface area (Å²) in [4.78, 5) is 2.29. The van der Waals surface area contributed by atoms with Gasteiger partial charge in [0.1, 0.15) is 0 Å². The van der Waals surface area contributed by atoms with Crippen molar-refractivity contribution in [2.24, 2.45) is 5.73 Å². The molecule has 0 aromatic heterocycles. The fourth-order valence-electron chi connectivity index (χ4n) is 2.23. The van der Waals surface area contributed by atoms with Gasteiger partial charge in [-0.3, -0.25) is 0 Å². The van der Waals surface area contributed by atoms with Crippen LogP contribution in [0.3, 0.4) is 0 Å². The zero-order chi connectivity index (χ0) is 14.4. The number of nitrogens with two attached hydrogens (primary N) is 1. The lowest BCUT2D eigenvalue weighted by molar-refractivity contribution is 0.785. The summed E-state index contributed by atoms with van der Waals surface area (Å²) in [5.41, 5.74) is 9.45. The fourth-order valence-corrected chi connectivity index (χ4v) is 2.76. The predicted molar refractivity (Wildman–Crippen MR) is 90.1 cm³/mol.